The molecule has 0 saturated carbocycles. The average molecular weight is 299 g/mol. The van der Waals surface area contributed by atoms with Gasteiger partial charge in [0.1, 0.15) is 6.04 Å². The number of ether oxygens (including phenoxy) is 1. The fourth-order valence-corrected chi connectivity index (χ4v) is 3.02. The van der Waals surface area contributed by atoms with E-state index in [1.165, 1.54) is 4.90 Å². The Morgan fingerprint density at radius 3 is 2.29 bits per heavy atom. The van der Waals surface area contributed by atoms with Gasteiger partial charge >= 0.3 is 12.0 Å². The molecule has 0 aliphatic carbocycles. The van der Waals surface area contributed by atoms with Crippen LogP contribution in [0.1, 0.15) is 20.3 Å². The van der Waals surface area contributed by atoms with Crippen LogP contribution in [-0.2, 0) is 9.53 Å². The van der Waals surface area contributed by atoms with E-state index in [0.29, 0.717) is 32.1 Å². The summed E-state index contributed by atoms with van der Waals surface area (Å²) in [5.74, 6) is -0.955. The van der Waals surface area contributed by atoms with Gasteiger partial charge in [-0.2, -0.15) is 0 Å². The number of amides is 2. The number of hydrogen-bond acceptors (Lipinski definition) is 4. The number of likely N-dealkylation sites (tertiary alicyclic amines) is 1. The highest BCUT2D eigenvalue weighted by Crippen LogP contribution is 2.22. The Bertz CT molecular complexity index is 394. The molecule has 2 heterocycles. The van der Waals surface area contributed by atoms with Crippen molar-refractivity contribution in [1.82, 2.24) is 14.7 Å². The molecule has 0 bridgehead atoms. The summed E-state index contributed by atoms with van der Waals surface area (Å²) in [4.78, 5) is 29.4. The summed E-state index contributed by atoms with van der Waals surface area (Å²) in [6.45, 7) is 7.61. The topological polar surface area (TPSA) is 73.3 Å². The van der Waals surface area contributed by atoms with Gasteiger partial charge in [-0.15, -0.1) is 0 Å². The maximum Gasteiger partial charge on any atom is 0.326 e. The minimum absolute atomic E-state index is 0.176. The van der Waals surface area contributed by atoms with Crippen LogP contribution in [0.5, 0.6) is 0 Å². The Balaban J connectivity index is 1.97. The molecule has 0 radical (unpaired) electrons. The second-order valence-electron chi connectivity index (χ2n) is 6.00. The first kappa shape index (κ1) is 16.0. The zero-order chi connectivity index (χ0) is 15.6. The fraction of sp³-hybridized carbons (Fsp3) is 0.857. The summed E-state index contributed by atoms with van der Waals surface area (Å²) in [6, 6.07) is -0.477. The third kappa shape index (κ3) is 3.47. The number of rotatable bonds is 3. The van der Waals surface area contributed by atoms with E-state index in [4.69, 9.17) is 4.74 Å². The van der Waals surface area contributed by atoms with Gasteiger partial charge in [-0.05, 0) is 13.8 Å². The van der Waals surface area contributed by atoms with Gasteiger partial charge in [0, 0.05) is 52.3 Å². The van der Waals surface area contributed by atoms with Crippen molar-refractivity contribution in [2.45, 2.75) is 38.5 Å². The highest BCUT2D eigenvalue weighted by Gasteiger charge is 2.41. The zero-order valence-electron chi connectivity index (χ0n) is 13.0. The van der Waals surface area contributed by atoms with E-state index >= 15 is 0 Å². The monoisotopic (exact) mass is 299 g/mol. The van der Waals surface area contributed by atoms with E-state index in [2.05, 4.69) is 18.7 Å². The molecule has 0 aromatic heterocycles. The molecule has 120 valence electrons. The molecule has 2 unspecified atom stereocenters. The first-order valence-corrected chi connectivity index (χ1v) is 7.49. The standard InChI is InChI=1S/C14H25N3O4/c1-10(2)15-4-6-16(7-5-15)14(20)17-9-11(21-3)8-12(17)13(18)19/h10-12H,4-9H2,1-3H3,(H,18,19). The molecule has 2 amide bonds. The van der Waals surface area contributed by atoms with Gasteiger partial charge in [0.2, 0.25) is 0 Å². The van der Waals surface area contributed by atoms with Crippen LogP contribution in [0, 0.1) is 0 Å². The predicted octanol–water partition coefficient (Wildman–Crippen LogP) is 0.306. The van der Waals surface area contributed by atoms with Crippen LogP contribution >= 0.6 is 0 Å². The van der Waals surface area contributed by atoms with E-state index in [1.807, 2.05) is 0 Å². The molecule has 21 heavy (non-hydrogen) atoms. The zero-order valence-corrected chi connectivity index (χ0v) is 13.0. The van der Waals surface area contributed by atoms with E-state index in [0.717, 1.165) is 13.1 Å². The van der Waals surface area contributed by atoms with Gasteiger partial charge in [-0.25, -0.2) is 9.59 Å². The van der Waals surface area contributed by atoms with Crippen molar-refractivity contribution in [2.24, 2.45) is 0 Å². The Kier molecular flexibility index (Phi) is 5.05. The highest BCUT2D eigenvalue weighted by atomic mass is 16.5. The first-order chi connectivity index (χ1) is 9.93. The fourth-order valence-electron chi connectivity index (χ4n) is 3.02. The van der Waals surface area contributed by atoms with Crippen molar-refractivity contribution in [1.29, 1.82) is 0 Å². The van der Waals surface area contributed by atoms with Crippen molar-refractivity contribution in [3.8, 4) is 0 Å². The van der Waals surface area contributed by atoms with Gasteiger partial charge < -0.3 is 19.6 Å². The third-order valence-electron chi connectivity index (χ3n) is 4.44. The van der Waals surface area contributed by atoms with E-state index in [9.17, 15) is 14.7 Å². The molecule has 0 spiro atoms. The number of nitrogens with zero attached hydrogens (tertiary/aromatic N) is 3. The number of carboxylic acid groups (broad SMARTS) is 1. The molecule has 2 atom stereocenters. The summed E-state index contributed by atoms with van der Waals surface area (Å²) in [7, 11) is 1.55. The molecule has 0 aromatic rings. The Hall–Kier alpha value is -1.34. The van der Waals surface area contributed by atoms with Crippen molar-refractivity contribution in [3.05, 3.63) is 0 Å². The number of carbonyl (C=O) groups excluding carboxylic acids is 1. The number of carbonyl (C=O) groups is 2. The SMILES string of the molecule is COC1CC(C(=O)O)N(C(=O)N2CCN(C(C)C)CC2)C1. The average Bonchev–Trinajstić information content (AvgIpc) is 2.91. The molecule has 2 saturated heterocycles. The number of carboxylic acids is 1. The van der Waals surface area contributed by atoms with Crippen LogP contribution in [0.15, 0.2) is 0 Å². The third-order valence-corrected chi connectivity index (χ3v) is 4.44. The van der Waals surface area contributed by atoms with Gasteiger partial charge in [0.15, 0.2) is 0 Å². The normalized spacial score (nSPS) is 27.4. The van der Waals surface area contributed by atoms with Gasteiger partial charge in [-0.1, -0.05) is 0 Å². The van der Waals surface area contributed by atoms with Crippen LogP contribution in [0.3, 0.4) is 0 Å². The number of piperazine rings is 1. The molecular weight excluding hydrogens is 274 g/mol. The lowest BCUT2D eigenvalue weighted by Gasteiger charge is -2.39. The van der Waals surface area contributed by atoms with E-state index < -0.39 is 12.0 Å². The Morgan fingerprint density at radius 1 is 1.19 bits per heavy atom. The molecule has 2 aliphatic rings. The van der Waals surface area contributed by atoms with Crippen LogP contribution in [0.25, 0.3) is 0 Å². The second kappa shape index (κ2) is 6.62. The van der Waals surface area contributed by atoms with Crippen LogP contribution < -0.4 is 0 Å². The van der Waals surface area contributed by atoms with E-state index in [-0.39, 0.29) is 12.1 Å². The first-order valence-electron chi connectivity index (χ1n) is 7.49. The summed E-state index contributed by atoms with van der Waals surface area (Å²) < 4.78 is 5.22. The molecule has 2 fully saturated rings. The van der Waals surface area contributed by atoms with E-state index in [1.54, 1.807) is 12.0 Å². The quantitative estimate of drug-likeness (QED) is 0.812. The summed E-state index contributed by atoms with van der Waals surface area (Å²) >= 11 is 0. The molecule has 7 heteroatoms. The number of aliphatic carboxylic acids is 1. The molecule has 1 N–H and O–H groups in total. The molecular formula is C14H25N3O4. The minimum atomic E-state index is -0.955. The van der Waals surface area contributed by atoms with Crippen LogP contribution in [-0.4, -0.2) is 89.8 Å². The smallest absolute Gasteiger partial charge is 0.326 e. The maximum atomic E-state index is 12.6. The lowest BCUT2D eigenvalue weighted by atomic mass is 10.2. The molecule has 2 aliphatic heterocycles. The number of urea groups is 1. The number of methoxy groups -OCH3 is 1. The lowest BCUT2D eigenvalue weighted by molar-refractivity contribution is -0.141. The number of hydrogen-bond donors (Lipinski definition) is 1. The van der Waals surface area contributed by atoms with Crippen molar-refractivity contribution < 1.29 is 19.4 Å². The predicted molar refractivity (Wildman–Crippen MR) is 77.2 cm³/mol. The molecule has 0 aromatic carbocycles. The lowest BCUT2D eigenvalue weighted by Crippen LogP contribution is -2.55. The summed E-state index contributed by atoms with van der Waals surface area (Å²) in [5.41, 5.74) is 0. The molecule has 7 nitrogen and oxygen atoms in total. The Morgan fingerprint density at radius 2 is 1.81 bits per heavy atom. The summed E-state index contributed by atoms with van der Waals surface area (Å²) in [5, 5.41) is 9.28. The van der Waals surface area contributed by atoms with Crippen LogP contribution in [0.4, 0.5) is 4.79 Å². The molecule has 2 rings (SSSR count). The van der Waals surface area contributed by atoms with Crippen molar-refractivity contribution in [3.63, 3.8) is 0 Å². The van der Waals surface area contributed by atoms with Crippen LogP contribution in [0.2, 0.25) is 0 Å². The Labute approximate surface area is 125 Å². The minimum Gasteiger partial charge on any atom is -0.480 e. The second-order valence-corrected chi connectivity index (χ2v) is 6.00. The van der Waals surface area contributed by atoms with Gasteiger partial charge in [-0.3, -0.25) is 4.90 Å². The van der Waals surface area contributed by atoms with Crippen molar-refractivity contribution >= 4 is 12.0 Å². The van der Waals surface area contributed by atoms with Gasteiger partial charge in [0.25, 0.3) is 0 Å². The van der Waals surface area contributed by atoms with Crippen molar-refractivity contribution in [2.75, 3.05) is 39.8 Å². The summed E-state index contributed by atoms with van der Waals surface area (Å²) in [6.07, 6.45) is 0.177. The maximum absolute atomic E-state index is 12.6. The highest BCUT2D eigenvalue weighted by molar-refractivity contribution is 5.83. The largest absolute Gasteiger partial charge is 0.480 e. The van der Waals surface area contributed by atoms with Gasteiger partial charge in [0.05, 0.1) is 6.10 Å².